The van der Waals surface area contributed by atoms with Crippen LogP contribution in [-0.4, -0.2) is 85.3 Å². The van der Waals surface area contributed by atoms with E-state index in [9.17, 15) is 18.0 Å². The molecule has 0 bridgehead atoms. The summed E-state index contributed by atoms with van der Waals surface area (Å²) < 4.78 is 26.6. The van der Waals surface area contributed by atoms with Gasteiger partial charge in [0.05, 0.1) is 18.0 Å². The molecule has 0 saturated carbocycles. The third-order valence-electron chi connectivity index (χ3n) is 4.23. The lowest BCUT2D eigenvalue weighted by Crippen LogP contribution is -2.52. The molecule has 0 atom stereocenters. The summed E-state index contributed by atoms with van der Waals surface area (Å²) in [5, 5.41) is 8.93. The summed E-state index contributed by atoms with van der Waals surface area (Å²) in [5.74, 6) is -1.14. The zero-order chi connectivity index (χ0) is 19.2. The average Bonchev–Trinajstić information content (AvgIpc) is 2.62. The Balaban J connectivity index is 0.00000364. The quantitative estimate of drug-likeness (QED) is 0.667. The highest BCUT2D eigenvalue weighted by Crippen LogP contribution is 2.17. The molecule has 1 aromatic rings. The van der Waals surface area contributed by atoms with Gasteiger partial charge in [0.1, 0.15) is 0 Å². The highest BCUT2D eigenvalue weighted by Gasteiger charge is 2.30. The number of halogens is 1. The van der Waals surface area contributed by atoms with Crippen LogP contribution in [0.2, 0.25) is 0 Å². The van der Waals surface area contributed by atoms with Gasteiger partial charge in [0.15, 0.2) is 0 Å². The number of piperazine rings is 1. The molecule has 1 fully saturated rings. The molecule has 10 heteroatoms. The van der Waals surface area contributed by atoms with Gasteiger partial charge in [-0.05, 0) is 25.1 Å². The van der Waals surface area contributed by atoms with E-state index in [1.165, 1.54) is 4.31 Å². The number of carbonyl (C=O) groups is 2. The Morgan fingerprint density at radius 2 is 1.67 bits per heavy atom. The van der Waals surface area contributed by atoms with Crippen LogP contribution in [-0.2, 0) is 19.6 Å². The normalized spacial score (nSPS) is 15.4. The number of carboxylic acid groups (broad SMARTS) is 1. The van der Waals surface area contributed by atoms with Crippen molar-refractivity contribution in [1.29, 1.82) is 0 Å². The first kappa shape index (κ1) is 23.4. The molecule has 8 nitrogen and oxygen atoms in total. The molecule has 0 aromatic heterocycles. The van der Waals surface area contributed by atoms with E-state index in [0.29, 0.717) is 19.6 Å². The smallest absolute Gasteiger partial charge is 0.317 e. The number of carboxylic acids is 1. The van der Waals surface area contributed by atoms with E-state index < -0.39 is 16.0 Å². The van der Waals surface area contributed by atoms with E-state index >= 15 is 0 Å². The Bertz CT molecular complexity index is 721. The SMILES string of the molecule is CCCN(CC(=O)O)CC(=O)N1CCN(S(=O)(=O)c2ccccc2)CC1.Cl. The second-order valence-electron chi connectivity index (χ2n) is 6.20. The Kier molecular flexibility index (Phi) is 9.17. The number of benzene rings is 1. The number of hydrogen-bond donors (Lipinski definition) is 1. The molecular weight excluding hydrogens is 394 g/mol. The molecule has 152 valence electrons. The number of rotatable bonds is 8. The number of nitrogens with zero attached hydrogens (tertiary/aromatic N) is 3. The maximum atomic E-state index is 12.6. The third-order valence-corrected chi connectivity index (χ3v) is 6.14. The zero-order valence-corrected chi connectivity index (χ0v) is 16.9. The van der Waals surface area contributed by atoms with Crippen LogP contribution < -0.4 is 0 Å². The lowest BCUT2D eigenvalue weighted by atomic mass is 10.3. The maximum absolute atomic E-state index is 12.6. The van der Waals surface area contributed by atoms with Gasteiger partial charge >= 0.3 is 5.97 Å². The van der Waals surface area contributed by atoms with Gasteiger partial charge in [-0.25, -0.2) is 8.42 Å². The predicted octanol–water partition coefficient (Wildman–Crippen LogP) is 0.738. The van der Waals surface area contributed by atoms with Crippen LogP contribution in [0.4, 0.5) is 0 Å². The van der Waals surface area contributed by atoms with Gasteiger partial charge in [-0.15, -0.1) is 12.4 Å². The summed E-state index contributed by atoms with van der Waals surface area (Å²) in [6.07, 6.45) is 0.754. The summed E-state index contributed by atoms with van der Waals surface area (Å²) in [6.45, 7) is 3.38. The monoisotopic (exact) mass is 419 g/mol. The predicted molar refractivity (Wildman–Crippen MR) is 103 cm³/mol. The van der Waals surface area contributed by atoms with E-state index in [1.54, 1.807) is 40.1 Å². The minimum absolute atomic E-state index is 0. The van der Waals surface area contributed by atoms with E-state index in [2.05, 4.69) is 0 Å². The molecule has 0 aliphatic carbocycles. The summed E-state index contributed by atoms with van der Waals surface area (Å²) in [6, 6.07) is 8.23. The van der Waals surface area contributed by atoms with Crippen LogP contribution in [0, 0.1) is 0 Å². The third kappa shape index (κ3) is 6.46. The Morgan fingerprint density at radius 1 is 1.07 bits per heavy atom. The van der Waals surface area contributed by atoms with Gasteiger partial charge in [0, 0.05) is 26.2 Å². The number of aliphatic carboxylic acids is 1. The minimum atomic E-state index is -3.55. The van der Waals surface area contributed by atoms with E-state index in [1.807, 2.05) is 6.92 Å². The molecular formula is C17H26ClN3O5S. The first-order valence-corrected chi connectivity index (χ1v) is 10.1. The van der Waals surface area contributed by atoms with Gasteiger partial charge < -0.3 is 10.0 Å². The number of amides is 1. The van der Waals surface area contributed by atoms with Crippen molar-refractivity contribution in [2.24, 2.45) is 0 Å². The Morgan fingerprint density at radius 3 is 2.19 bits per heavy atom. The van der Waals surface area contributed by atoms with Crippen LogP contribution in [0.25, 0.3) is 0 Å². The minimum Gasteiger partial charge on any atom is -0.480 e. The Labute approximate surface area is 166 Å². The fraction of sp³-hybridized carbons (Fsp3) is 0.529. The lowest BCUT2D eigenvalue weighted by Gasteiger charge is -2.35. The van der Waals surface area contributed by atoms with Gasteiger partial charge in [-0.2, -0.15) is 4.31 Å². The van der Waals surface area contributed by atoms with Crippen molar-refractivity contribution < 1.29 is 23.1 Å². The highest BCUT2D eigenvalue weighted by molar-refractivity contribution is 7.89. The van der Waals surface area contributed by atoms with Crippen molar-refractivity contribution in [3.05, 3.63) is 30.3 Å². The molecule has 1 aliphatic heterocycles. The maximum Gasteiger partial charge on any atom is 0.317 e. The van der Waals surface area contributed by atoms with E-state index in [0.717, 1.165) is 6.42 Å². The summed E-state index contributed by atoms with van der Waals surface area (Å²) in [4.78, 5) is 26.7. The van der Waals surface area contributed by atoms with Crippen molar-refractivity contribution in [2.45, 2.75) is 18.2 Å². The highest BCUT2D eigenvalue weighted by atomic mass is 35.5. The summed E-state index contributed by atoms with van der Waals surface area (Å²) in [5.41, 5.74) is 0. The van der Waals surface area contributed by atoms with Crippen molar-refractivity contribution in [1.82, 2.24) is 14.1 Å². The van der Waals surface area contributed by atoms with E-state index in [-0.39, 0.29) is 49.4 Å². The molecule has 0 unspecified atom stereocenters. The molecule has 2 rings (SSSR count). The van der Waals surface area contributed by atoms with Crippen LogP contribution in [0.15, 0.2) is 35.2 Å². The topological polar surface area (TPSA) is 98.2 Å². The van der Waals surface area contributed by atoms with Crippen molar-refractivity contribution in [2.75, 3.05) is 45.8 Å². The largest absolute Gasteiger partial charge is 0.480 e. The number of hydrogen-bond acceptors (Lipinski definition) is 5. The summed E-state index contributed by atoms with van der Waals surface area (Å²) in [7, 11) is -3.55. The van der Waals surface area contributed by atoms with Crippen molar-refractivity contribution in [3.8, 4) is 0 Å². The molecule has 1 aromatic carbocycles. The standard InChI is InChI=1S/C17H25N3O5S.ClH/c1-2-8-18(14-17(22)23)13-16(21)19-9-11-20(12-10-19)26(24,25)15-6-4-3-5-7-15;/h3-7H,2,8-14H2,1H3,(H,22,23);1H. The zero-order valence-electron chi connectivity index (χ0n) is 15.3. The fourth-order valence-electron chi connectivity index (χ4n) is 2.93. The molecule has 1 heterocycles. The van der Waals surface area contributed by atoms with Crippen molar-refractivity contribution >= 4 is 34.3 Å². The molecule has 0 radical (unpaired) electrons. The molecule has 1 amide bonds. The first-order chi connectivity index (χ1) is 12.3. The lowest BCUT2D eigenvalue weighted by molar-refractivity contribution is -0.140. The Hall–Kier alpha value is -1.68. The number of carbonyl (C=O) groups excluding carboxylic acids is 1. The average molecular weight is 420 g/mol. The molecule has 27 heavy (non-hydrogen) atoms. The van der Waals surface area contributed by atoms with Gasteiger partial charge in [0.25, 0.3) is 0 Å². The van der Waals surface area contributed by atoms with E-state index in [4.69, 9.17) is 5.11 Å². The van der Waals surface area contributed by atoms with Crippen LogP contribution in [0.5, 0.6) is 0 Å². The molecule has 1 N–H and O–H groups in total. The molecule has 0 spiro atoms. The number of sulfonamides is 1. The fourth-order valence-corrected chi connectivity index (χ4v) is 4.38. The van der Waals surface area contributed by atoms with Crippen LogP contribution in [0.3, 0.4) is 0 Å². The van der Waals surface area contributed by atoms with Gasteiger partial charge in [-0.3, -0.25) is 14.5 Å². The van der Waals surface area contributed by atoms with Gasteiger partial charge in [-0.1, -0.05) is 25.1 Å². The van der Waals surface area contributed by atoms with Crippen LogP contribution in [0.1, 0.15) is 13.3 Å². The first-order valence-electron chi connectivity index (χ1n) is 8.61. The molecule has 1 saturated heterocycles. The van der Waals surface area contributed by atoms with Crippen LogP contribution >= 0.6 is 12.4 Å². The molecule has 1 aliphatic rings. The summed E-state index contributed by atoms with van der Waals surface area (Å²) >= 11 is 0. The second-order valence-corrected chi connectivity index (χ2v) is 8.14. The van der Waals surface area contributed by atoms with Gasteiger partial charge in [0.2, 0.25) is 15.9 Å². The second kappa shape index (κ2) is 10.6. The van der Waals surface area contributed by atoms with Crippen molar-refractivity contribution in [3.63, 3.8) is 0 Å².